The standard InChI is InChI=1S/C4H13O9P3/c5-14(6,7)3-1-2-4(15(8,9)10)16(11,12)13/h4H,1-3H2,(H2,5,6,7)(H2,8,9,10)(H2,11,12,13). The zero-order valence-electron chi connectivity index (χ0n) is 7.95. The molecule has 6 N–H and O–H groups in total. The summed E-state index contributed by atoms with van der Waals surface area (Å²) in [5.41, 5.74) is 0. The van der Waals surface area contributed by atoms with Crippen molar-refractivity contribution in [3.63, 3.8) is 0 Å². The molecule has 0 aromatic rings. The fourth-order valence-electron chi connectivity index (χ4n) is 1.01. The first-order valence-corrected chi connectivity index (χ1v) is 9.15. The van der Waals surface area contributed by atoms with E-state index < -0.39 is 40.8 Å². The number of hydrogen-bond donors (Lipinski definition) is 6. The molecule has 0 rings (SSSR count). The van der Waals surface area contributed by atoms with Crippen molar-refractivity contribution < 1.29 is 43.1 Å². The van der Waals surface area contributed by atoms with E-state index in [1.165, 1.54) is 0 Å². The normalized spacial score (nSPS) is 14.4. The highest BCUT2D eigenvalue weighted by molar-refractivity contribution is 7.70. The quantitative estimate of drug-likeness (QED) is 0.357. The lowest BCUT2D eigenvalue weighted by molar-refractivity contribution is 0.332. The predicted octanol–water partition coefficient (Wildman–Crippen LogP) is -0.374. The van der Waals surface area contributed by atoms with Gasteiger partial charge in [0.05, 0.1) is 0 Å². The summed E-state index contributed by atoms with van der Waals surface area (Å²) < 4.78 is 31.9. The van der Waals surface area contributed by atoms with Crippen molar-refractivity contribution in [2.45, 2.75) is 18.2 Å². The molecule has 0 saturated carbocycles. The van der Waals surface area contributed by atoms with E-state index in [4.69, 9.17) is 29.4 Å². The molecule has 12 heteroatoms. The number of hydrogen-bond acceptors (Lipinski definition) is 3. The van der Waals surface area contributed by atoms with Crippen molar-refractivity contribution >= 4 is 22.8 Å². The summed E-state index contributed by atoms with van der Waals surface area (Å²) in [4.78, 5) is 51.6. The van der Waals surface area contributed by atoms with Crippen LogP contribution < -0.4 is 0 Å². The lowest BCUT2D eigenvalue weighted by atomic mass is 10.4. The van der Waals surface area contributed by atoms with Gasteiger partial charge in [-0.3, -0.25) is 13.7 Å². The van der Waals surface area contributed by atoms with Gasteiger partial charge in [-0.25, -0.2) is 0 Å². The van der Waals surface area contributed by atoms with Crippen molar-refractivity contribution in [2.24, 2.45) is 0 Å². The van der Waals surface area contributed by atoms with Crippen LogP contribution in [0.4, 0.5) is 0 Å². The van der Waals surface area contributed by atoms with Crippen LogP contribution in [0.1, 0.15) is 12.8 Å². The van der Waals surface area contributed by atoms with Crippen LogP contribution in [0.2, 0.25) is 0 Å². The molecule has 0 radical (unpaired) electrons. The maximum Gasteiger partial charge on any atom is 0.340 e. The molecule has 98 valence electrons. The van der Waals surface area contributed by atoms with E-state index in [0.29, 0.717) is 0 Å². The van der Waals surface area contributed by atoms with Gasteiger partial charge in [-0.15, -0.1) is 0 Å². The molecule has 0 aliphatic heterocycles. The van der Waals surface area contributed by atoms with E-state index in [2.05, 4.69) is 0 Å². The second-order valence-corrected chi connectivity index (χ2v) is 8.98. The number of rotatable bonds is 6. The van der Waals surface area contributed by atoms with E-state index in [-0.39, 0.29) is 6.42 Å². The zero-order valence-corrected chi connectivity index (χ0v) is 10.6. The van der Waals surface area contributed by atoms with Crippen LogP contribution in [-0.2, 0) is 13.7 Å². The third-order valence-electron chi connectivity index (χ3n) is 1.69. The van der Waals surface area contributed by atoms with Gasteiger partial charge in [0.1, 0.15) is 0 Å². The molecule has 16 heavy (non-hydrogen) atoms. The van der Waals surface area contributed by atoms with E-state index in [1.54, 1.807) is 0 Å². The highest BCUT2D eigenvalue weighted by Gasteiger charge is 2.42. The first kappa shape index (κ1) is 16.4. The van der Waals surface area contributed by atoms with Crippen LogP contribution in [0.15, 0.2) is 0 Å². The Hall–Kier alpha value is 0.450. The second-order valence-electron chi connectivity index (χ2n) is 3.19. The highest BCUT2D eigenvalue weighted by Crippen LogP contribution is 2.61. The Balaban J connectivity index is 4.56. The molecule has 0 spiro atoms. The second kappa shape index (κ2) is 5.40. The highest BCUT2D eigenvalue weighted by atomic mass is 31.2. The molecule has 0 unspecified atom stereocenters. The molecular weight excluding hydrogens is 285 g/mol. The molecule has 0 heterocycles. The van der Waals surface area contributed by atoms with Crippen LogP contribution >= 0.6 is 22.8 Å². The predicted molar refractivity (Wildman–Crippen MR) is 54.0 cm³/mol. The Bertz CT molecular complexity index is 337. The fourth-order valence-corrected chi connectivity index (χ4v) is 4.21. The van der Waals surface area contributed by atoms with Gasteiger partial charge in [0.15, 0.2) is 5.40 Å². The van der Waals surface area contributed by atoms with Crippen LogP contribution in [-0.4, -0.2) is 40.9 Å². The Morgan fingerprint density at radius 2 is 1.19 bits per heavy atom. The molecule has 0 aromatic heterocycles. The summed E-state index contributed by atoms with van der Waals surface area (Å²) in [6.45, 7) is 0. The summed E-state index contributed by atoms with van der Waals surface area (Å²) >= 11 is 0. The van der Waals surface area contributed by atoms with Crippen molar-refractivity contribution in [2.75, 3.05) is 6.16 Å². The van der Waals surface area contributed by atoms with E-state index in [1.807, 2.05) is 0 Å². The molecule has 0 aliphatic carbocycles. The molecule has 0 aliphatic rings. The first-order valence-electron chi connectivity index (χ1n) is 3.99. The minimum Gasteiger partial charge on any atom is -0.324 e. The Labute approximate surface area is 91.0 Å². The molecule has 0 atom stereocenters. The monoisotopic (exact) mass is 298 g/mol. The van der Waals surface area contributed by atoms with Gasteiger partial charge in [-0.2, -0.15) is 0 Å². The lowest BCUT2D eigenvalue weighted by Crippen LogP contribution is -2.10. The van der Waals surface area contributed by atoms with E-state index in [9.17, 15) is 13.7 Å². The van der Waals surface area contributed by atoms with E-state index in [0.717, 1.165) is 0 Å². The molecule has 0 bridgehead atoms. The van der Waals surface area contributed by atoms with Gasteiger partial charge in [0.25, 0.3) is 0 Å². The van der Waals surface area contributed by atoms with Crippen LogP contribution in [0, 0.1) is 0 Å². The van der Waals surface area contributed by atoms with Crippen molar-refractivity contribution in [1.82, 2.24) is 0 Å². The molecule has 0 fully saturated rings. The lowest BCUT2D eigenvalue weighted by Gasteiger charge is -2.19. The Morgan fingerprint density at radius 1 is 0.812 bits per heavy atom. The summed E-state index contributed by atoms with van der Waals surface area (Å²) in [6.07, 6.45) is -1.71. The third kappa shape index (κ3) is 6.91. The summed E-state index contributed by atoms with van der Waals surface area (Å²) in [5, 5.41) is -2.20. The van der Waals surface area contributed by atoms with Gasteiger partial charge in [0.2, 0.25) is 0 Å². The first-order chi connectivity index (χ1) is 6.84. The topological polar surface area (TPSA) is 173 Å². The minimum absolute atomic E-state index is 0.384. The van der Waals surface area contributed by atoms with Gasteiger partial charge < -0.3 is 29.4 Å². The van der Waals surface area contributed by atoms with Gasteiger partial charge in [-0.05, 0) is 12.8 Å². The van der Waals surface area contributed by atoms with Crippen molar-refractivity contribution in [3.8, 4) is 0 Å². The zero-order chi connectivity index (χ0) is 13.2. The Kier molecular flexibility index (Phi) is 5.55. The molecular formula is C4H13O9P3. The SMILES string of the molecule is O=P(O)(O)CCCC(P(=O)(O)O)P(=O)(O)O. The van der Waals surface area contributed by atoms with Crippen LogP contribution in [0.25, 0.3) is 0 Å². The van der Waals surface area contributed by atoms with Crippen molar-refractivity contribution in [3.05, 3.63) is 0 Å². The average molecular weight is 298 g/mol. The molecule has 0 saturated heterocycles. The molecule has 9 nitrogen and oxygen atoms in total. The summed E-state index contributed by atoms with van der Waals surface area (Å²) in [7, 11) is -14.3. The maximum atomic E-state index is 10.7. The summed E-state index contributed by atoms with van der Waals surface area (Å²) in [5.74, 6) is 0. The molecule has 0 aromatic carbocycles. The van der Waals surface area contributed by atoms with Crippen LogP contribution in [0.3, 0.4) is 0 Å². The Morgan fingerprint density at radius 3 is 1.44 bits per heavy atom. The minimum atomic E-state index is -5.00. The molecule has 0 amide bonds. The van der Waals surface area contributed by atoms with Crippen LogP contribution in [0.5, 0.6) is 0 Å². The van der Waals surface area contributed by atoms with Gasteiger partial charge in [0, 0.05) is 6.16 Å². The third-order valence-corrected chi connectivity index (χ3v) is 6.46. The summed E-state index contributed by atoms with van der Waals surface area (Å²) in [6, 6.07) is 0. The van der Waals surface area contributed by atoms with Gasteiger partial charge >= 0.3 is 22.8 Å². The van der Waals surface area contributed by atoms with Crippen molar-refractivity contribution in [1.29, 1.82) is 0 Å². The van der Waals surface area contributed by atoms with E-state index >= 15 is 0 Å². The largest absolute Gasteiger partial charge is 0.340 e. The smallest absolute Gasteiger partial charge is 0.324 e. The maximum absolute atomic E-state index is 10.7. The van der Waals surface area contributed by atoms with Gasteiger partial charge in [-0.1, -0.05) is 0 Å². The average Bonchev–Trinajstić information content (AvgIpc) is 1.90. The fraction of sp³-hybridized carbons (Fsp3) is 1.00.